The van der Waals surface area contributed by atoms with Gasteiger partial charge in [-0.3, -0.25) is 9.59 Å². The Bertz CT molecular complexity index is 1400. The highest BCUT2D eigenvalue weighted by Crippen LogP contribution is 2.50. The Morgan fingerprint density at radius 2 is 1.86 bits per heavy atom. The molecular weight excluding hydrogens is 493 g/mol. The zero-order chi connectivity index (χ0) is 25.8. The van der Waals surface area contributed by atoms with Crippen molar-refractivity contribution in [3.05, 3.63) is 87.3 Å². The minimum atomic E-state index is -4.69. The van der Waals surface area contributed by atoms with E-state index < -0.39 is 47.0 Å². The molecule has 1 amide bonds. The smallest absolute Gasteiger partial charge is 0.408 e. The maximum absolute atomic E-state index is 13.8. The highest BCUT2D eigenvalue weighted by Gasteiger charge is 2.48. The summed E-state index contributed by atoms with van der Waals surface area (Å²) in [5.74, 6) is -1.23. The Labute approximate surface area is 209 Å². The Hall–Kier alpha value is -3.40. The number of carbonyl (C=O) groups excluding carboxylic acids is 1. The fraction of sp³-hybridized carbons (Fsp3) is 0.308. The van der Waals surface area contributed by atoms with Crippen LogP contribution < -0.4 is 10.2 Å². The van der Waals surface area contributed by atoms with Gasteiger partial charge in [0, 0.05) is 40.9 Å². The molecule has 0 saturated heterocycles. The molecule has 1 unspecified atom stereocenters. The van der Waals surface area contributed by atoms with E-state index >= 15 is 0 Å². The van der Waals surface area contributed by atoms with E-state index in [0.29, 0.717) is 16.4 Å². The van der Waals surface area contributed by atoms with Gasteiger partial charge in [-0.1, -0.05) is 30.3 Å². The number of methoxy groups -OCH3 is 1. The first-order valence-corrected chi connectivity index (χ1v) is 12.3. The van der Waals surface area contributed by atoms with Crippen molar-refractivity contribution in [2.45, 2.75) is 41.7 Å². The molecule has 5 rings (SSSR count). The minimum absolute atomic E-state index is 0.282. The van der Waals surface area contributed by atoms with E-state index in [-0.39, 0.29) is 6.54 Å². The van der Waals surface area contributed by atoms with Crippen molar-refractivity contribution >= 4 is 17.7 Å². The number of hydrogen-bond acceptors (Lipinski definition) is 5. The summed E-state index contributed by atoms with van der Waals surface area (Å²) in [4.78, 5) is 27.2. The van der Waals surface area contributed by atoms with E-state index in [1.54, 1.807) is 17.8 Å². The SMILES string of the molecule is COc1cccc2c1[C@H](C1CN([C@H](C)C(F)(F)F)C(=O)c3c(O)c(=O)ccn31)c1ccccc1SC2. The second-order valence-electron chi connectivity index (χ2n) is 8.86. The summed E-state index contributed by atoms with van der Waals surface area (Å²) in [7, 11) is 1.54. The van der Waals surface area contributed by atoms with Gasteiger partial charge < -0.3 is 19.3 Å². The van der Waals surface area contributed by atoms with Crippen LogP contribution in [0.4, 0.5) is 13.2 Å². The quantitative estimate of drug-likeness (QED) is 0.534. The number of aromatic hydroxyl groups is 1. The van der Waals surface area contributed by atoms with Crippen LogP contribution in [0.15, 0.2) is 64.4 Å². The molecule has 0 radical (unpaired) electrons. The van der Waals surface area contributed by atoms with E-state index in [4.69, 9.17) is 4.74 Å². The van der Waals surface area contributed by atoms with Crippen molar-refractivity contribution in [3.8, 4) is 11.5 Å². The molecule has 3 atom stereocenters. The van der Waals surface area contributed by atoms with Crippen LogP contribution in [0.2, 0.25) is 0 Å². The second-order valence-corrected chi connectivity index (χ2v) is 9.88. The van der Waals surface area contributed by atoms with E-state index in [0.717, 1.165) is 34.6 Å². The molecule has 36 heavy (non-hydrogen) atoms. The molecular formula is C26H23F3N2O4S. The average molecular weight is 517 g/mol. The number of rotatable bonds is 3. The number of nitrogens with zero attached hydrogens (tertiary/aromatic N) is 2. The Morgan fingerprint density at radius 3 is 2.58 bits per heavy atom. The van der Waals surface area contributed by atoms with Crippen LogP contribution in [0, 0.1) is 0 Å². The zero-order valence-electron chi connectivity index (χ0n) is 19.5. The van der Waals surface area contributed by atoms with Crippen LogP contribution in [0.1, 0.15) is 46.1 Å². The molecule has 2 aliphatic heterocycles. The fourth-order valence-electron chi connectivity index (χ4n) is 5.14. The zero-order valence-corrected chi connectivity index (χ0v) is 20.3. The molecule has 0 bridgehead atoms. The first-order valence-electron chi connectivity index (χ1n) is 11.3. The normalized spacial score (nSPS) is 20.1. The molecule has 10 heteroatoms. The third-order valence-corrected chi connectivity index (χ3v) is 8.10. The number of amides is 1. The number of fused-ring (bicyclic) bond motifs is 3. The van der Waals surface area contributed by atoms with Gasteiger partial charge in [0.1, 0.15) is 11.8 Å². The number of hydrogen-bond donors (Lipinski definition) is 1. The molecule has 1 N–H and O–H groups in total. The van der Waals surface area contributed by atoms with Gasteiger partial charge in [0.2, 0.25) is 5.43 Å². The molecule has 2 aliphatic rings. The van der Waals surface area contributed by atoms with Crippen LogP contribution in [0.5, 0.6) is 11.5 Å². The van der Waals surface area contributed by atoms with E-state index in [2.05, 4.69) is 0 Å². The minimum Gasteiger partial charge on any atom is -0.503 e. The molecule has 3 heterocycles. The third kappa shape index (κ3) is 3.84. The second kappa shape index (κ2) is 8.92. The number of alkyl halides is 3. The lowest BCUT2D eigenvalue weighted by Crippen LogP contribution is -2.54. The van der Waals surface area contributed by atoms with Gasteiger partial charge in [-0.2, -0.15) is 13.2 Å². The van der Waals surface area contributed by atoms with Crippen LogP contribution in [0.25, 0.3) is 0 Å². The lowest BCUT2D eigenvalue weighted by molar-refractivity contribution is -0.174. The van der Waals surface area contributed by atoms with E-state index in [1.807, 2.05) is 36.4 Å². The predicted molar refractivity (Wildman–Crippen MR) is 129 cm³/mol. The summed E-state index contributed by atoms with van der Waals surface area (Å²) in [5, 5.41) is 10.6. The molecule has 6 nitrogen and oxygen atoms in total. The number of halogens is 3. The molecule has 0 aliphatic carbocycles. The maximum atomic E-state index is 13.8. The predicted octanol–water partition coefficient (Wildman–Crippen LogP) is 4.95. The van der Waals surface area contributed by atoms with Crippen LogP contribution in [0.3, 0.4) is 0 Å². The Balaban J connectivity index is 1.81. The summed E-state index contributed by atoms with van der Waals surface area (Å²) in [5.41, 5.74) is 1.36. The van der Waals surface area contributed by atoms with Crippen LogP contribution in [-0.2, 0) is 5.75 Å². The fourth-order valence-corrected chi connectivity index (χ4v) is 6.24. The van der Waals surface area contributed by atoms with Gasteiger partial charge in [-0.05, 0) is 30.2 Å². The molecule has 0 spiro atoms. The van der Waals surface area contributed by atoms with Gasteiger partial charge in [-0.15, -0.1) is 11.8 Å². The Kier molecular flexibility index (Phi) is 6.02. The van der Waals surface area contributed by atoms with Crippen molar-refractivity contribution in [3.63, 3.8) is 0 Å². The van der Waals surface area contributed by atoms with Crippen molar-refractivity contribution in [1.82, 2.24) is 9.47 Å². The molecule has 0 saturated carbocycles. The largest absolute Gasteiger partial charge is 0.503 e. The van der Waals surface area contributed by atoms with Crippen LogP contribution >= 0.6 is 11.8 Å². The van der Waals surface area contributed by atoms with Gasteiger partial charge in [-0.25, -0.2) is 0 Å². The molecule has 188 valence electrons. The summed E-state index contributed by atoms with van der Waals surface area (Å²) >= 11 is 1.61. The van der Waals surface area contributed by atoms with Gasteiger partial charge in [0.15, 0.2) is 11.4 Å². The average Bonchev–Trinajstić information content (AvgIpc) is 3.02. The summed E-state index contributed by atoms with van der Waals surface area (Å²) in [6, 6.07) is 11.5. The summed E-state index contributed by atoms with van der Waals surface area (Å²) in [6.07, 6.45) is -3.31. The molecule has 2 aromatic carbocycles. The summed E-state index contributed by atoms with van der Waals surface area (Å²) in [6.45, 7) is 0.629. The number of thioether (sulfide) groups is 1. The molecule has 3 aromatic rings. The number of benzene rings is 2. The van der Waals surface area contributed by atoms with Crippen molar-refractivity contribution in [2.24, 2.45) is 0 Å². The standard InChI is InChI=1S/C26H23F3N2O4S/c1-14(26(27,28)29)31-12-17(30-11-10-18(32)24(33)23(30)25(31)34)22-16-7-3-4-9-20(16)36-13-15-6-5-8-19(35-2)21(15)22/h3-11,14,17,22,33H,12-13H2,1-2H3/t14-,17?,22+/m1/s1. The number of ether oxygens (including phenoxy) is 1. The Morgan fingerprint density at radius 1 is 1.11 bits per heavy atom. The lowest BCUT2D eigenvalue weighted by atomic mass is 9.80. The third-order valence-electron chi connectivity index (χ3n) is 6.96. The monoisotopic (exact) mass is 516 g/mol. The molecule has 0 fully saturated rings. The van der Waals surface area contributed by atoms with Crippen molar-refractivity contribution in [2.75, 3.05) is 13.7 Å². The number of aromatic nitrogens is 1. The number of carbonyl (C=O) groups is 1. The van der Waals surface area contributed by atoms with Gasteiger partial charge >= 0.3 is 6.18 Å². The van der Waals surface area contributed by atoms with Crippen molar-refractivity contribution in [1.29, 1.82) is 0 Å². The highest BCUT2D eigenvalue weighted by atomic mass is 32.2. The van der Waals surface area contributed by atoms with E-state index in [1.165, 1.54) is 17.9 Å². The first kappa shape index (κ1) is 24.3. The molecule has 1 aromatic heterocycles. The first-order chi connectivity index (χ1) is 17.1. The maximum Gasteiger partial charge on any atom is 0.408 e. The van der Waals surface area contributed by atoms with Crippen molar-refractivity contribution < 1.29 is 27.8 Å². The number of pyridine rings is 1. The summed E-state index contributed by atoms with van der Waals surface area (Å²) < 4.78 is 48.7. The van der Waals surface area contributed by atoms with Gasteiger partial charge in [0.05, 0.1) is 13.2 Å². The highest BCUT2D eigenvalue weighted by molar-refractivity contribution is 7.98. The topological polar surface area (TPSA) is 71.8 Å². The van der Waals surface area contributed by atoms with E-state index in [9.17, 15) is 27.9 Å². The van der Waals surface area contributed by atoms with Crippen LogP contribution in [-0.4, -0.2) is 46.4 Å². The van der Waals surface area contributed by atoms with Gasteiger partial charge in [0.25, 0.3) is 5.91 Å². The lowest BCUT2D eigenvalue weighted by Gasteiger charge is -2.43.